The summed E-state index contributed by atoms with van der Waals surface area (Å²) in [4.78, 5) is 11.7. The van der Waals surface area contributed by atoms with Crippen LogP contribution in [-0.4, -0.2) is 31.8 Å². The summed E-state index contributed by atoms with van der Waals surface area (Å²) in [5.74, 6) is 0.619. The molecular weight excluding hydrogens is 254 g/mol. The summed E-state index contributed by atoms with van der Waals surface area (Å²) in [6.07, 6.45) is 4.80. The van der Waals surface area contributed by atoms with E-state index in [4.69, 9.17) is 9.47 Å². The third-order valence-corrected chi connectivity index (χ3v) is 3.25. The minimum absolute atomic E-state index is 0.0286. The Bertz CT molecular complexity index is 453. The lowest BCUT2D eigenvalue weighted by molar-refractivity contribution is -0.123. The molecule has 1 N–H and O–H groups in total. The lowest BCUT2D eigenvalue weighted by atomic mass is 10.1. The van der Waals surface area contributed by atoms with Crippen molar-refractivity contribution >= 4 is 5.91 Å². The van der Waals surface area contributed by atoms with Crippen LogP contribution in [-0.2, 0) is 16.0 Å². The molecule has 1 aromatic carbocycles. The van der Waals surface area contributed by atoms with Gasteiger partial charge in [0.2, 0.25) is 0 Å². The number of carbonyl (C=O) groups is 1. The summed E-state index contributed by atoms with van der Waals surface area (Å²) in [5, 5.41) is 2.84. The zero-order chi connectivity index (χ0) is 14.2. The second kappa shape index (κ2) is 7.70. The fraction of sp³-hybridized carbons (Fsp3) is 0.438. The number of allylic oxidation sites excluding steroid dienone is 1. The molecule has 4 heteroatoms. The minimum Gasteiger partial charge on any atom is -0.483 e. The molecular formula is C16H21NO3. The van der Waals surface area contributed by atoms with E-state index in [0.717, 1.165) is 37.2 Å². The molecule has 1 amide bonds. The number of ether oxygens (including phenoxy) is 2. The smallest absolute Gasteiger partial charge is 0.258 e. The maximum Gasteiger partial charge on any atom is 0.258 e. The second-order valence-corrected chi connectivity index (χ2v) is 4.83. The number of para-hydroxylation sites is 1. The summed E-state index contributed by atoms with van der Waals surface area (Å²) in [6.45, 7) is 5.11. The molecule has 20 heavy (non-hydrogen) atoms. The van der Waals surface area contributed by atoms with Crippen LogP contribution in [0.2, 0.25) is 0 Å². The number of hydrogen-bond acceptors (Lipinski definition) is 3. The van der Waals surface area contributed by atoms with Crippen molar-refractivity contribution in [1.82, 2.24) is 5.32 Å². The van der Waals surface area contributed by atoms with E-state index in [-0.39, 0.29) is 18.6 Å². The minimum atomic E-state index is -0.117. The predicted molar refractivity (Wildman–Crippen MR) is 77.8 cm³/mol. The van der Waals surface area contributed by atoms with Gasteiger partial charge in [0.15, 0.2) is 6.61 Å². The first-order valence-electron chi connectivity index (χ1n) is 6.99. The standard InChI is InChI=1S/C16H21NO3/c1-2-6-13-7-3-4-9-15(13)20-12-16(18)17-11-14-8-5-10-19-14/h2-4,7,9,14H,1,5-6,8,10-12H2,(H,17,18). The van der Waals surface area contributed by atoms with Crippen molar-refractivity contribution < 1.29 is 14.3 Å². The SMILES string of the molecule is C=CCc1ccccc1OCC(=O)NCC1CCCO1. The quantitative estimate of drug-likeness (QED) is 0.775. The second-order valence-electron chi connectivity index (χ2n) is 4.83. The Labute approximate surface area is 119 Å². The van der Waals surface area contributed by atoms with Gasteiger partial charge in [0, 0.05) is 13.2 Å². The number of amides is 1. The van der Waals surface area contributed by atoms with Crippen LogP contribution < -0.4 is 10.1 Å². The molecule has 0 bridgehead atoms. The van der Waals surface area contributed by atoms with E-state index in [9.17, 15) is 4.79 Å². The Morgan fingerprint density at radius 2 is 2.35 bits per heavy atom. The van der Waals surface area contributed by atoms with Gasteiger partial charge in [0.05, 0.1) is 6.10 Å². The molecule has 1 saturated heterocycles. The predicted octanol–water partition coefficient (Wildman–Crippen LogP) is 2.09. The van der Waals surface area contributed by atoms with E-state index in [1.165, 1.54) is 0 Å². The summed E-state index contributed by atoms with van der Waals surface area (Å²) in [6, 6.07) is 7.68. The van der Waals surface area contributed by atoms with Gasteiger partial charge < -0.3 is 14.8 Å². The van der Waals surface area contributed by atoms with E-state index in [1.54, 1.807) is 0 Å². The Balaban J connectivity index is 1.76. The molecule has 2 rings (SSSR count). The van der Waals surface area contributed by atoms with Gasteiger partial charge in [0.25, 0.3) is 5.91 Å². The highest BCUT2D eigenvalue weighted by atomic mass is 16.5. The average Bonchev–Trinajstić information content (AvgIpc) is 2.98. The normalized spacial score (nSPS) is 17.7. The summed E-state index contributed by atoms with van der Waals surface area (Å²) in [5.41, 5.74) is 1.04. The molecule has 0 aliphatic carbocycles. The maximum atomic E-state index is 11.7. The van der Waals surface area contributed by atoms with Crippen molar-refractivity contribution in [3.8, 4) is 5.75 Å². The lowest BCUT2D eigenvalue weighted by Gasteiger charge is -2.12. The fourth-order valence-electron chi connectivity index (χ4n) is 2.20. The first kappa shape index (κ1) is 14.6. The highest BCUT2D eigenvalue weighted by Gasteiger charge is 2.16. The first-order valence-corrected chi connectivity index (χ1v) is 6.99. The Morgan fingerprint density at radius 3 is 3.10 bits per heavy atom. The van der Waals surface area contributed by atoms with Gasteiger partial charge in [-0.25, -0.2) is 0 Å². The van der Waals surface area contributed by atoms with E-state index >= 15 is 0 Å². The zero-order valence-electron chi connectivity index (χ0n) is 11.6. The fourth-order valence-corrected chi connectivity index (χ4v) is 2.20. The van der Waals surface area contributed by atoms with Gasteiger partial charge in [-0.3, -0.25) is 4.79 Å². The maximum absolute atomic E-state index is 11.7. The van der Waals surface area contributed by atoms with Gasteiger partial charge in [-0.05, 0) is 30.9 Å². The van der Waals surface area contributed by atoms with Crippen LogP contribution in [0.25, 0.3) is 0 Å². The number of rotatable bonds is 7. The van der Waals surface area contributed by atoms with Gasteiger partial charge in [-0.2, -0.15) is 0 Å². The van der Waals surface area contributed by atoms with Gasteiger partial charge in [0.1, 0.15) is 5.75 Å². The van der Waals surface area contributed by atoms with Crippen molar-refractivity contribution in [1.29, 1.82) is 0 Å². The highest BCUT2D eigenvalue weighted by Crippen LogP contribution is 2.18. The molecule has 108 valence electrons. The summed E-state index contributed by atoms with van der Waals surface area (Å²) < 4.78 is 11.0. The van der Waals surface area contributed by atoms with E-state index in [0.29, 0.717) is 6.54 Å². The van der Waals surface area contributed by atoms with Crippen molar-refractivity contribution in [3.63, 3.8) is 0 Å². The molecule has 1 atom stereocenters. The molecule has 1 aliphatic heterocycles. The Hall–Kier alpha value is -1.81. The van der Waals surface area contributed by atoms with Crippen molar-refractivity contribution in [2.75, 3.05) is 19.8 Å². The van der Waals surface area contributed by atoms with E-state index < -0.39 is 0 Å². The number of benzene rings is 1. The zero-order valence-corrected chi connectivity index (χ0v) is 11.6. The molecule has 1 heterocycles. The molecule has 0 saturated carbocycles. The van der Waals surface area contributed by atoms with Crippen LogP contribution in [0.3, 0.4) is 0 Å². The van der Waals surface area contributed by atoms with Gasteiger partial charge in [-0.1, -0.05) is 24.3 Å². The van der Waals surface area contributed by atoms with E-state index in [1.807, 2.05) is 30.3 Å². The number of nitrogens with one attached hydrogen (secondary N) is 1. The molecule has 1 aromatic rings. The molecule has 1 aliphatic rings. The van der Waals surface area contributed by atoms with Crippen LogP contribution in [0.5, 0.6) is 5.75 Å². The molecule has 1 fully saturated rings. The molecule has 0 aromatic heterocycles. The lowest BCUT2D eigenvalue weighted by Crippen LogP contribution is -2.35. The third-order valence-electron chi connectivity index (χ3n) is 3.25. The summed E-state index contributed by atoms with van der Waals surface area (Å²) >= 11 is 0. The number of hydrogen-bond donors (Lipinski definition) is 1. The van der Waals surface area contributed by atoms with Crippen molar-refractivity contribution in [2.45, 2.75) is 25.4 Å². The monoisotopic (exact) mass is 275 g/mol. The molecule has 0 spiro atoms. The molecule has 1 unspecified atom stereocenters. The van der Waals surface area contributed by atoms with Gasteiger partial charge >= 0.3 is 0 Å². The van der Waals surface area contributed by atoms with E-state index in [2.05, 4.69) is 11.9 Å². The van der Waals surface area contributed by atoms with Crippen LogP contribution in [0.1, 0.15) is 18.4 Å². The van der Waals surface area contributed by atoms with Gasteiger partial charge in [-0.15, -0.1) is 6.58 Å². The Kier molecular flexibility index (Phi) is 5.62. The third kappa shape index (κ3) is 4.38. The molecule has 4 nitrogen and oxygen atoms in total. The summed E-state index contributed by atoms with van der Waals surface area (Å²) in [7, 11) is 0. The van der Waals surface area contributed by atoms with Crippen LogP contribution in [0.4, 0.5) is 0 Å². The largest absolute Gasteiger partial charge is 0.483 e. The topological polar surface area (TPSA) is 47.6 Å². The Morgan fingerprint density at radius 1 is 1.50 bits per heavy atom. The average molecular weight is 275 g/mol. The number of carbonyl (C=O) groups excluding carboxylic acids is 1. The highest BCUT2D eigenvalue weighted by molar-refractivity contribution is 5.77. The van der Waals surface area contributed by atoms with Crippen LogP contribution >= 0.6 is 0 Å². The van der Waals surface area contributed by atoms with Crippen molar-refractivity contribution in [2.24, 2.45) is 0 Å². The molecule has 0 radical (unpaired) electrons. The first-order chi connectivity index (χ1) is 9.79. The van der Waals surface area contributed by atoms with Crippen molar-refractivity contribution in [3.05, 3.63) is 42.5 Å². The van der Waals surface area contributed by atoms with Crippen LogP contribution in [0, 0.1) is 0 Å². The van der Waals surface area contributed by atoms with Crippen LogP contribution in [0.15, 0.2) is 36.9 Å².